The lowest BCUT2D eigenvalue weighted by atomic mass is 10.2. The molecule has 1 heterocycles. The zero-order chi connectivity index (χ0) is 14.0. The zero-order valence-electron chi connectivity index (χ0n) is 10.7. The van der Waals surface area contributed by atoms with Crippen LogP contribution in [0.15, 0.2) is 24.5 Å². The van der Waals surface area contributed by atoms with Crippen molar-refractivity contribution >= 4 is 23.4 Å². The SMILES string of the molecule is CCOC(=O)c1ncn(-c2ccc(Cl)cc2C)c1N. The van der Waals surface area contributed by atoms with Crippen LogP contribution in [0.4, 0.5) is 5.82 Å². The molecule has 100 valence electrons. The number of hydrogen-bond acceptors (Lipinski definition) is 4. The summed E-state index contributed by atoms with van der Waals surface area (Å²) in [6.07, 6.45) is 1.50. The topological polar surface area (TPSA) is 70.1 Å². The number of anilines is 1. The van der Waals surface area contributed by atoms with Crippen molar-refractivity contribution in [1.82, 2.24) is 9.55 Å². The Morgan fingerprint density at radius 1 is 1.53 bits per heavy atom. The highest BCUT2D eigenvalue weighted by Crippen LogP contribution is 2.23. The fourth-order valence-corrected chi connectivity index (χ4v) is 2.02. The number of nitrogens with two attached hydrogens (primary N) is 1. The number of aromatic nitrogens is 2. The van der Waals surface area contributed by atoms with E-state index in [2.05, 4.69) is 4.98 Å². The second-order valence-electron chi connectivity index (χ2n) is 4.00. The molecule has 0 amide bonds. The summed E-state index contributed by atoms with van der Waals surface area (Å²) in [6.45, 7) is 3.92. The summed E-state index contributed by atoms with van der Waals surface area (Å²) in [5.74, 6) is -0.269. The van der Waals surface area contributed by atoms with Gasteiger partial charge in [0, 0.05) is 5.02 Å². The molecule has 1 aromatic heterocycles. The van der Waals surface area contributed by atoms with Gasteiger partial charge in [-0.05, 0) is 37.6 Å². The average molecular weight is 280 g/mol. The summed E-state index contributed by atoms with van der Waals surface area (Å²) >= 11 is 5.91. The van der Waals surface area contributed by atoms with E-state index in [1.54, 1.807) is 17.6 Å². The minimum atomic E-state index is -0.523. The third-order valence-corrected chi connectivity index (χ3v) is 2.93. The van der Waals surface area contributed by atoms with Crippen LogP contribution in [0.3, 0.4) is 0 Å². The van der Waals surface area contributed by atoms with E-state index in [0.717, 1.165) is 11.3 Å². The first-order valence-corrected chi connectivity index (χ1v) is 6.18. The van der Waals surface area contributed by atoms with Gasteiger partial charge in [-0.25, -0.2) is 9.78 Å². The molecule has 0 aliphatic carbocycles. The zero-order valence-corrected chi connectivity index (χ0v) is 11.4. The Balaban J connectivity index is 2.44. The number of nitrogen functional groups attached to an aromatic ring is 1. The molecule has 0 saturated carbocycles. The fraction of sp³-hybridized carbons (Fsp3) is 0.231. The number of esters is 1. The van der Waals surface area contributed by atoms with Crippen LogP contribution >= 0.6 is 11.6 Å². The van der Waals surface area contributed by atoms with Gasteiger partial charge in [0.25, 0.3) is 0 Å². The molecule has 5 nitrogen and oxygen atoms in total. The van der Waals surface area contributed by atoms with Crippen molar-refractivity contribution in [2.75, 3.05) is 12.3 Å². The molecular weight excluding hydrogens is 266 g/mol. The Morgan fingerprint density at radius 3 is 2.89 bits per heavy atom. The largest absolute Gasteiger partial charge is 0.461 e. The first kappa shape index (κ1) is 13.4. The Hall–Kier alpha value is -2.01. The van der Waals surface area contributed by atoms with Crippen LogP contribution < -0.4 is 5.73 Å². The van der Waals surface area contributed by atoms with E-state index >= 15 is 0 Å². The summed E-state index contributed by atoms with van der Waals surface area (Å²) in [4.78, 5) is 15.7. The number of hydrogen-bond donors (Lipinski definition) is 1. The normalized spacial score (nSPS) is 10.5. The predicted molar refractivity (Wildman–Crippen MR) is 73.7 cm³/mol. The van der Waals surface area contributed by atoms with Crippen molar-refractivity contribution in [3.63, 3.8) is 0 Å². The Morgan fingerprint density at radius 2 is 2.26 bits per heavy atom. The number of ether oxygens (including phenoxy) is 1. The van der Waals surface area contributed by atoms with Crippen LogP contribution in [-0.2, 0) is 4.74 Å². The molecule has 0 unspecified atom stereocenters. The molecule has 0 radical (unpaired) electrons. The first-order chi connectivity index (χ1) is 9.04. The number of halogens is 1. The van der Waals surface area contributed by atoms with Gasteiger partial charge in [-0.3, -0.25) is 4.57 Å². The molecule has 2 rings (SSSR count). The van der Waals surface area contributed by atoms with E-state index in [-0.39, 0.29) is 18.1 Å². The Bertz CT molecular complexity index is 622. The molecule has 0 aliphatic rings. The summed E-state index contributed by atoms with van der Waals surface area (Å²) in [6, 6.07) is 5.40. The van der Waals surface area contributed by atoms with Gasteiger partial charge in [0.1, 0.15) is 12.1 Å². The van der Waals surface area contributed by atoms with Crippen molar-refractivity contribution in [1.29, 1.82) is 0 Å². The number of aryl methyl sites for hydroxylation is 1. The van der Waals surface area contributed by atoms with Crippen LogP contribution in [0, 0.1) is 6.92 Å². The van der Waals surface area contributed by atoms with Crippen molar-refractivity contribution in [3.8, 4) is 5.69 Å². The number of carbonyl (C=O) groups excluding carboxylic acids is 1. The average Bonchev–Trinajstić information content (AvgIpc) is 2.72. The fourth-order valence-electron chi connectivity index (χ4n) is 1.80. The summed E-state index contributed by atoms with van der Waals surface area (Å²) in [5.41, 5.74) is 7.82. The lowest BCUT2D eigenvalue weighted by molar-refractivity contribution is 0.0521. The number of benzene rings is 1. The standard InChI is InChI=1S/C13H14ClN3O2/c1-3-19-13(18)11-12(15)17(7-16-11)10-5-4-9(14)6-8(10)2/h4-7H,3,15H2,1-2H3. The van der Waals surface area contributed by atoms with Gasteiger partial charge in [0.15, 0.2) is 5.69 Å². The monoisotopic (exact) mass is 279 g/mol. The number of imidazole rings is 1. The maximum absolute atomic E-state index is 11.7. The maximum Gasteiger partial charge on any atom is 0.360 e. The number of carbonyl (C=O) groups is 1. The molecular formula is C13H14ClN3O2. The summed E-state index contributed by atoms with van der Waals surface area (Å²) < 4.78 is 6.53. The molecule has 0 spiro atoms. The Labute approximate surface area is 116 Å². The van der Waals surface area contributed by atoms with Crippen LogP contribution in [-0.4, -0.2) is 22.1 Å². The van der Waals surface area contributed by atoms with E-state index in [4.69, 9.17) is 22.1 Å². The molecule has 0 fully saturated rings. The molecule has 0 atom stereocenters. The van der Waals surface area contributed by atoms with E-state index in [1.165, 1.54) is 6.33 Å². The van der Waals surface area contributed by atoms with Crippen molar-refractivity contribution in [3.05, 3.63) is 40.8 Å². The van der Waals surface area contributed by atoms with Crippen LogP contribution in [0.2, 0.25) is 5.02 Å². The molecule has 0 aliphatic heterocycles. The third-order valence-electron chi connectivity index (χ3n) is 2.69. The van der Waals surface area contributed by atoms with Gasteiger partial charge in [-0.15, -0.1) is 0 Å². The predicted octanol–water partition coefficient (Wildman–Crippen LogP) is 2.59. The second-order valence-corrected chi connectivity index (χ2v) is 4.44. The lowest BCUT2D eigenvalue weighted by Gasteiger charge is -2.09. The van der Waals surface area contributed by atoms with Crippen molar-refractivity contribution < 1.29 is 9.53 Å². The van der Waals surface area contributed by atoms with E-state index < -0.39 is 5.97 Å². The molecule has 0 saturated heterocycles. The number of nitrogens with zero attached hydrogens (tertiary/aromatic N) is 2. The Kier molecular flexibility index (Phi) is 3.76. The lowest BCUT2D eigenvalue weighted by Crippen LogP contribution is -2.09. The molecule has 6 heteroatoms. The van der Waals surface area contributed by atoms with Crippen LogP contribution in [0.5, 0.6) is 0 Å². The van der Waals surface area contributed by atoms with Crippen molar-refractivity contribution in [2.45, 2.75) is 13.8 Å². The van der Waals surface area contributed by atoms with E-state index in [9.17, 15) is 4.79 Å². The molecule has 2 aromatic rings. The summed E-state index contributed by atoms with van der Waals surface area (Å²) in [7, 11) is 0. The quantitative estimate of drug-likeness (QED) is 0.877. The number of rotatable bonds is 3. The summed E-state index contributed by atoms with van der Waals surface area (Å²) in [5, 5.41) is 0.644. The highest BCUT2D eigenvalue weighted by Gasteiger charge is 2.18. The minimum Gasteiger partial charge on any atom is -0.461 e. The van der Waals surface area contributed by atoms with Crippen molar-refractivity contribution in [2.24, 2.45) is 0 Å². The third kappa shape index (κ3) is 2.56. The van der Waals surface area contributed by atoms with Gasteiger partial charge in [-0.2, -0.15) is 0 Å². The van der Waals surface area contributed by atoms with Gasteiger partial charge >= 0.3 is 5.97 Å². The van der Waals surface area contributed by atoms with Gasteiger partial charge in [0.2, 0.25) is 0 Å². The first-order valence-electron chi connectivity index (χ1n) is 5.81. The highest BCUT2D eigenvalue weighted by molar-refractivity contribution is 6.30. The molecule has 0 bridgehead atoms. The molecule has 1 aromatic carbocycles. The van der Waals surface area contributed by atoms with Gasteiger partial charge in [0.05, 0.1) is 12.3 Å². The van der Waals surface area contributed by atoms with Gasteiger partial charge in [-0.1, -0.05) is 11.6 Å². The smallest absolute Gasteiger partial charge is 0.360 e. The van der Waals surface area contributed by atoms with Gasteiger partial charge < -0.3 is 10.5 Å². The van der Waals surface area contributed by atoms with E-state index in [1.807, 2.05) is 19.1 Å². The second kappa shape index (κ2) is 5.32. The van der Waals surface area contributed by atoms with E-state index in [0.29, 0.717) is 5.02 Å². The van der Waals surface area contributed by atoms with Crippen LogP contribution in [0.1, 0.15) is 23.0 Å². The minimum absolute atomic E-state index is 0.121. The highest BCUT2D eigenvalue weighted by atomic mass is 35.5. The maximum atomic E-state index is 11.7. The molecule has 19 heavy (non-hydrogen) atoms. The van der Waals surface area contributed by atoms with Crippen LogP contribution in [0.25, 0.3) is 5.69 Å². The molecule has 2 N–H and O–H groups in total.